The Morgan fingerprint density at radius 2 is 2.00 bits per heavy atom. The first-order valence-corrected chi connectivity index (χ1v) is 7.11. The summed E-state index contributed by atoms with van der Waals surface area (Å²) in [7, 11) is 0. The van der Waals surface area contributed by atoms with Gasteiger partial charge in [-0.05, 0) is 26.2 Å². The summed E-state index contributed by atoms with van der Waals surface area (Å²) >= 11 is 0. The highest BCUT2D eigenvalue weighted by atomic mass is 15.4. The van der Waals surface area contributed by atoms with E-state index in [1.54, 1.807) is 0 Å². The van der Waals surface area contributed by atoms with Crippen LogP contribution in [0, 0.1) is 0 Å². The predicted octanol–water partition coefficient (Wildman–Crippen LogP) is 2.26. The lowest BCUT2D eigenvalue weighted by Crippen LogP contribution is -2.46. The summed E-state index contributed by atoms with van der Waals surface area (Å²) in [6.45, 7) is 6.38. The van der Waals surface area contributed by atoms with Gasteiger partial charge < -0.3 is 4.90 Å². The number of hydrogen-bond donors (Lipinski definition) is 2. The second-order valence-corrected chi connectivity index (χ2v) is 4.82. The van der Waals surface area contributed by atoms with Gasteiger partial charge in [0.1, 0.15) is 0 Å². The van der Waals surface area contributed by atoms with Crippen molar-refractivity contribution in [2.24, 2.45) is 10.8 Å². The summed E-state index contributed by atoms with van der Waals surface area (Å²) in [6, 6.07) is 0.477. The molecular formula is C13H28N4. The van der Waals surface area contributed by atoms with Crippen LogP contribution in [0.3, 0.4) is 0 Å². The molecule has 4 heteroatoms. The highest BCUT2D eigenvalue weighted by Crippen LogP contribution is 2.20. The Labute approximate surface area is 106 Å². The largest absolute Gasteiger partial charge is 0.342 e. The zero-order valence-corrected chi connectivity index (χ0v) is 11.4. The van der Waals surface area contributed by atoms with Crippen LogP contribution in [0.4, 0.5) is 0 Å². The van der Waals surface area contributed by atoms with Gasteiger partial charge in [-0.25, -0.2) is 10.8 Å². The van der Waals surface area contributed by atoms with Crippen molar-refractivity contribution in [3.05, 3.63) is 0 Å². The molecule has 4 nitrogen and oxygen atoms in total. The van der Waals surface area contributed by atoms with E-state index in [-0.39, 0.29) is 0 Å². The molecule has 1 aliphatic rings. The van der Waals surface area contributed by atoms with Crippen molar-refractivity contribution in [1.82, 2.24) is 10.3 Å². The molecule has 1 fully saturated rings. The van der Waals surface area contributed by atoms with Gasteiger partial charge in [-0.1, -0.05) is 32.6 Å². The Morgan fingerprint density at radius 3 is 2.53 bits per heavy atom. The molecule has 100 valence electrons. The van der Waals surface area contributed by atoms with Crippen LogP contribution in [0.15, 0.2) is 4.99 Å². The first-order chi connectivity index (χ1) is 8.31. The van der Waals surface area contributed by atoms with Crippen LogP contribution in [0.25, 0.3) is 0 Å². The average Bonchev–Trinajstić information content (AvgIpc) is 2.39. The number of nitrogens with zero attached hydrogens (tertiary/aromatic N) is 2. The van der Waals surface area contributed by atoms with E-state index >= 15 is 0 Å². The fourth-order valence-electron chi connectivity index (χ4n) is 2.36. The molecule has 0 unspecified atom stereocenters. The lowest BCUT2D eigenvalue weighted by atomic mass is 9.96. The summed E-state index contributed by atoms with van der Waals surface area (Å²) < 4.78 is 0. The van der Waals surface area contributed by atoms with Gasteiger partial charge in [-0.15, -0.1) is 0 Å². The number of aliphatic imine (C=N–C) groups is 1. The number of rotatable bonds is 5. The molecule has 1 saturated carbocycles. The summed E-state index contributed by atoms with van der Waals surface area (Å²) in [5, 5.41) is 0. The summed E-state index contributed by atoms with van der Waals surface area (Å²) in [6.07, 6.45) is 8.83. The quantitative estimate of drug-likeness (QED) is 0.335. The molecule has 0 aromatic heterocycles. The smallest absolute Gasteiger partial charge is 0.208 e. The van der Waals surface area contributed by atoms with E-state index in [0.717, 1.165) is 19.0 Å². The Kier molecular flexibility index (Phi) is 7.01. The van der Waals surface area contributed by atoms with Crippen LogP contribution >= 0.6 is 0 Å². The Morgan fingerprint density at radius 1 is 1.29 bits per heavy atom. The number of unbranched alkanes of at least 4 members (excludes halogenated alkanes) is 1. The topological polar surface area (TPSA) is 53.6 Å². The zero-order valence-electron chi connectivity index (χ0n) is 11.4. The Bertz CT molecular complexity index is 221. The minimum atomic E-state index is 0.477. The van der Waals surface area contributed by atoms with Gasteiger partial charge >= 0.3 is 0 Å². The van der Waals surface area contributed by atoms with Crippen molar-refractivity contribution in [3.63, 3.8) is 0 Å². The molecule has 0 saturated heterocycles. The van der Waals surface area contributed by atoms with Gasteiger partial charge in [0.05, 0.1) is 6.04 Å². The third-order valence-corrected chi connectivity index (χ3v) is 3.47. The molecule has 0 radical (unpaired) electrons. The van der Waals surface area contributed by atoms with Gasteiger partial charge in [0.25, 0.3) is 0 Å². The zero-order chi connectivity index (χ0) is 12.5. The van der Waals surface area contributed by atoms with Crippen molar-refractivity contribution in [2.75, 3.05) is 13.1 Å². The van der Waals surface area contributed by atoms with Gasteiger partial charge in [0.2, 0.25) is 5.96 Å². The number of hydrazine groups is 1. The molecule has 0 aromatic rings. The molecule has 0 aromatic carbocycles. The van der Waals surface area contributed by atoms with E-state index in [0.29, 0.717) is 6.04 Å². The first-order valence-electron chi connectivity index (χ1n) is 7.11. The Balaban J connectivity index is 2.55. The molecule has 17 heavy (non-hydrogen) atoms. The van der Waals surface area contributed by atoms with Gasteiger partial charge in [0, 0.05) is 13.1 Å². The van der Waals surface area contributed by atoms with E-state index < -0.39 is 0 Å². The number of nitrogens with two attached hydrogens (primary N) is 1. The van der Waals surface area contributed by atoms with Crippen LogP contribution in [-0.2, 0) is 0 Å². The monoisotopic (exact) mass is 240 g/mol. The molecule has 0 heterocycles. The van der Waals surface area contributed by atoms with Crippen LogP contribution < -0.4 is 11.3 Å². The summed E-state index contributed by atoms with van der Waals surface area (Å²) in [4.78, 5) is 7.03. The fraction of sp³-hybridized carbons (Fsp3) is 0.923. The van der Waals surface area contributed by atoms with Crippen LogP contribution in [-0.4, -0.2) is 30.0 Å². The third-order valence-electron chi connectivity index (χ3n) is 3.47. The van der Waals surface area contributed by atoms with E-state index in [1.807, 2.05) is 0 Å². The predicted molar refractivity (Wildman–Crippen MR) is 73.8 cm³/mol. The maximum Gasteiger partial charge on any atom is 0.208 e. The van der Waals surface area contributed by atoms with Gasteiger partial charge in [-0.2, -0.15) is 0 Å². The minimum absolute atomic E-state index is 0.477. The van der Waals surface area contributed by atoms with Crippen LogP contribution in [0.2, 0.25) is 0 Å². The van der Waals surface area contributed by atoms with Gasteiger partial charge in [0.15, 0.2) is 0 Å². The van der Waals surface area contributed by atoms with E-state index in [9.17, 15) is 0 Å². The second-order valence-electron chi connectivity index (χ2n) is 4.82. The minimum Gasteiger partial charge on any atom is -0.342 e. The number of nitrogens with one attached hydrogen (secondary N) is 1. The summed E-state index contributed by atoms with van der Waals surface area (Å²) in [5.41, 5.74) is 2.79. The molecule has 1 rings (SSSR count). The van der Waals surface area contributed by atoms with Crippen molar-refractivity contribution >= 4 is 5.96 Å². The van der Waals surface area contributed by atoms with Gasteiger partial charge in [-0.3, -0.25) is 5.43 Å². The lowest BCUT2D eigenvalue weighted by Gasteiger charge is -2.26. The highest BCUT2D eigenvalue weighted by molar-refractivity contribution is 5.79. The second kappa shape index (κ2) is 8.34. The average molecular weight is 240 g/mol. The highest BCUT2D eigenvalue weighted by Gasteiger charge is 2.15. The third kappa shape index (κ3) is 4.94. The number of guanidine groups is 1. The van der Waals surface area contributed by atoms with E-state index in [2.05, 4.69) is 24.2 Å². The first kappa shape index (κ1) is 14.3. The molecule has 0 spiro atoms. The molecule has 0 atom stereocenters. The van der Waals surface area contributed by atoms with E-state index in [4.69, 9.17) is 10.8 Å². The van der Waals surface area contributed by atoms with Crippen molar-refractivity contribution < 1.29 is 0 Å². The Hall–Kier alpha value is -0.770. The summed E-state index contributed by atoms with van der Waals surface area (Å²) in [5.74, 6) is 6.50. The molecule has 0 aliphatic heterocycles. The number of hydrogen-bond acceptors (Lipinski definition) is 2. The van der Waals surface area contributed by atoms with Crippen LogP contribution in [0.1, 0.15) is 58.8 Å². The maximum atomic E-state index is 5.62. The van der Waals surface area contributed by atoms with Crippen LogP contribution in [0.5, 0.6) is 0 Å². The van der Waals surface area contributed by atoms with E-state index in [1.165, 1.54) is 44.9 Å². The maximum absolute atomic E-state index is 5.62. The van der Waals surface area contributed by atoms with Crippen molar-refractivity contribution in [3.8, 4) is 0 Å². The molecular weight excluding hydrogens is 212 g/mol. The SMILES string of the molecule is CCCCN(CC)C(=NC1CCCCC1)NN. The molecule has 0 bridgehead atoms. The molecule has 1 aliphatic carbocycles. The van der Waals surface area contributed by atoms with Crippen molar-refractivity contribution in [1.29, 1.82) is 0 Å². The molecule has 0 amide bonds. The molecule has 3 N–H and O–H groups in total. The fourth-order valence-corrected chi connectivity index (χ4v) is 2.36. The van der Waals surface area contributed by atoms with Crippen molar-refractivity contribution in [2.45, 2.75) is 64.8 Å². The standard InChI is InChI=1S/C13H28N4/c1-3-5-11-17(4-2)13(16-14)15-12-9-7-6-8-10-12/h12H,3-11,14H2,1-2H3,(H,15,16). The lowest BCUT2D eigenvalue weighted by molar-refractivity contribution is 0.394. The normalized spacial score (nSPS) is 18.2.